The smallest absolute Gasteiger partial charge is 0.214 e. The average molecular weight is 201 g/mol. The van der Waals surface area contributed by atoms with Crippen molar-refractivity contribution < 1.29 is 5.11 Å². The molecule has 1 aromatic heterocycles. The number of hydrogen-bond acceptors (Lipinski definition) is 3. The Morgan fingerprint density at radius 2 is 2.00 bits per heavy atom. The number of aromatic hydroxyl groups is 1. The zero-order chi connectivity index (χ0) is 10.1. The van der Waals surface area contributed by atoms with E-state index in [1.807, 2.05) is 20.8 Å². The molecule has 72 valence electrons. The van der Waals surface area contributed by atoms with Gasteiger partial charge in [0.25, 0.3) is 0 Å². The van der Waals surface area contributed by atoms with E-state index in [-0.39, 0.29) is 11.3 Å². The Kier molecular flexibility index (Phi) is 2.76. The van der Waals surface area contributed by atoms with Gasteiger partial charge >= 0.3 is 0 Å². The van der Waals surface area contributed by atoms with Crippen LogP contribution in [-0.2, 0) is 11.3 Å². The molecule has 0 aliphatic rings. The molecule has 0 aromatic carbocycles. The molecular weight excluding hydrogens is 188 g/mol. The molecule has 1 rings (SSSR count). The van der Waals surface area contributed by atoms with Gasteiger partial charge in [-0.3, -0.25) is 0 Å². The lowest BCUT2D eigenvalue weighted by Gasteiger charge is -2.16. The minimum absolute atomic E-state index is 0.0180. The van der Waals surface area contributed by atoms with Crippen molar-refractivity contribution in [2.75, 3.05) is 0 Å². The van der Waals surface area contributed by atoms with Gasteiger partial charge in [0.05, 0.1) is 11.6 Å². The monoisotopic (exact) mass is 200 g/mol. The number of aromatic nitrogens is 2. The third kappa shape index (κ3) is 2.56. The molecule has 0 saturated carbocycles. The van der Waals surface area contributed by atoms with Gasteiger partial charge in [0, 0.05) is 11.5 Å². The minimum Gasteiger partial charge on any atom is -0.493 e. The average Bonchev–Trinajstić information content (AvgIpc) is 2.01. The third-order valence-electron chi connectivity index (χ3n) is 1.57. The maximum absolute atomic E-state index is 9.28. The van der Waals surface area contributed by atoms with Crippen LogP contribution in [0, 0.1) is 0 Å². The van der Waals surface area contributed by atoms with Crippen molar-refractivity contribution in [3.05, 3.63) is 17.6 Å². The molecule has 0 atom stereocenters. The van der Waals surface area contributed by atoms with Crippen molar-refractivity contribution >= 4 is 11.6 Å². The summed E-state index contributed by atoms with van der Waals surface area (Å²) < 4.78 is 0. The molecule has 0 bridgehead atoms. The quantitative estimate of drug-likeness (QED) is 0.708. The van der Waals surface area contributed by atoms with Gasteiger partial charge in [0.1, 0.15) is 5.82 Å². The molecular formula is C9H13ClN2O. The molecule has 3 nitrogen and oxygen atoms in total. The molecule has 0 aliphatic carbocycles. The van der Waals surface area contributed by atoms with E-state index in [2.05, 4.69) is 9.97 Å². The van der Waals surface area contributed by atoms with Gasteiger partial charge in [-0.05, 0) is 0 Å². The molecule has 0 radical (unpaired) electrons. The first-order valence-electron chi connectivity index (χ1n) is 4.07. The molecule has 1 aromatic rings. The summed E-state index contributed by atoms with van der Waals surface area (Å²) in [6.45, 7) is 5.96. The maximum atomic E-state index is 9.28. The second-order valence-electron chi connectivity index (χ2n) is 3.92. The van der Waals surface area contributed by atoms with Crippen LogP contribution in [-0.4, -0.2) is 15.1 Å². The molecule has 1 N–H and O–H groups in total. The second kappa shape index (κ2) is 3.50. The van der Waals surface area contributed by atoms with Crippen molar-refractivity contribution in [3.63, 3.8) is 0 Å². The van der Waals surface area contributed by atoms with E-state index in [9.17, 15) is 5.11 Å². The largest absolute Gasteiger partial charge is 0.493 e. The van der Waals surface area contributed by atoms with E-state index >= 15 is 0 Å². The zero-order valence-corrected chi connectivity index (χ0v) is 8.76. The summed E-state index contributed by atoms with van der Waals surface area (Å²) in [6.07, 6.45) is 0. The fraction of sp³-hybridized carbons (Fsp3) is 0.556. The van der Waals surface area contributed by atoms with Crippen LogP contribution in [0.2, 0.25) is 0 Å². The normalized spacial score (nSPS) is 11.7. The Bertz CT molecular complexity index is 307. The molecule has 0 unspecified atom stereocenters. The van der Waals surface area contributed by atoms with Crippen molar-refractivity contribution in [2.24, 2.45) is 0 Å². The second-order valence-corrected chi connectivity index (χ2v) is 4.19. The maximum Gasteiger partial charge on any atom is 0.214 e. The van der Waals surface area contributed by atoms with Gasteiger partial charge in [-0.1, -0.05) is 20.8 Å². The van der Waals surface area contributed by atoms with Gasteiger partial charge in [-0.25, -0.2) is 4.98 Å². The first kappa shape index (κ1) is 10.3. The van der Waals surface area contributed by atoms with Crippen molar-refractivity contribution in [1.82, 2.24) is 9.97 Å². The lowest BCUT2D eigenvalue weighted by Crippen LogP contribution is -2.16. The van der Waals surface area contributed by atoms with Crippen LogP contribution in [0.3, 0.4) is 0 Å². The summed E-state index contributed by atoms with van der Waals surface area (Å²) in [4.78, 5) is 8.16. The summed E-state index contributed by atoms with van der Waals surface area (Å²) in [7, 11) is 0. The van der Waals surface area contributed by atoms with E-state index in [1.54, 1.807) is 0 Å². The number of rotatable bonds is 1. The topological polar surface area (TPSA) is 46.0 Å². The first-order valence-corrected chi connectivity index (χ1v) is 4.60. The standard InChI is InChI=1S/C9H13ClN2O/c1-9(2,3)8-11-6(5-10)4-7(13)12-8/h4H,5H2,1-3H3,(H,11,12,13). The number of halogens is 1. The highest BCUT2D eigenvalue weighted by atomic mass is 35.5. The van der Waals surface area contributed by atoms with Crippen molar-refractivity contribution in [2.45, 2.75) is 32.1 Å². The Balaban J connectivity index is 3.16. The highest BCUT2D eigenvalue weighted by Gasteiger charge is 2.18. The first-order chi connectivity index (χ1) is 5.93. The Hall–Kier alpha value is -0.830. The lowest BCUT2D eigenvalue weighted by molar-refractivity contribution is 0.434. The summed E-state index contributed by atoms with van der Waals surface area (Å²) in [5.74, 6) is 0.887. The van der Waals surface area contributed by atoms with Gasteiger partial charge in [0.15, 0.2) is 0 Å². The van der Waals surface area contributed by atoms with Gasteiger partial charge in [0.2, 0.25) is 5.88 Å². The van der Waals surface area contributed by atoms with E-state index in [0.29, 0.717) is 17.4 Å². The molecule has 0 spiro atoms. The van der Waals surface area contributed by atoms with E-state index in [0.717, 1.165) is 0 Å². The summed E-state index contributed by atoms with van der Waals surface area (Å²) in [6, 6.07) is 1.47. The number of nitrogens with zero attached hydrogens (tertiary/aromatic N) is 2. The Labute approximate surface area is 82.8 Å². The highest BCUT2D eigenvalue weighted by molar-refractivity contribution is 6.16. The SMILES string of the molecule is CC(C)(C)c1nc(O)cc(CCl)n1. The fourth-order valence-corrected chi connectivity index (χ4v) is 1.02. The van der Waals surface area contributed by atoms with Crippen molar-refractivity contribution in [1.29, 1.82) is 0 Å². The van der Waals surface area contributed by atoms with Crippen molar-refractivity contribution in [3.8, 4) is 5.88 Å². The van der Waals surface area contributed by atoms with Crippen LogP contribution in [0.25, 0.3) is 0 Å². The predicted octanol–water partition coefficient (Wildman–Crippen LogP) is 2.22. The molecule has 0 amide bonds. The van der Waals surface area contributed by atoms with Crippen LogP contribution < -0.4 is 0 Å². The summed E-state index contributed by atoms with van der Waals surface area (Å²) >= 11 is 5.62. The van der Waals surface area contributed by atoms with E-state index < -0.39 is 0 Å². The van der Waals surface area contributed by atoms with Gasteiger partial charge in [-0.2, -0.15) is 4.98 Å². The lowest BCUT2D eigenvalue weighted by atomic mass is 9.95. The van der Waals surface area contributed by atoms with Crippen LogP contribution >= 0.6 is 11.6 Å². The number of hydrogen-bond donors (Lipinski definition) is 1. The van der Waals surface area contributed by atoms with Crippen LogP contribution in [0.15, 0.2) is 6.07 Å². The van der Waals surface area contributed by atoms with Crippen LogP contribution in [0.5, 0.6) is 5.88 Å². The van der Waals surface area contributed by atoms with Gasteiger partial charge < -0.3 is 5.11 Å². The number of alkyl halides is 1. The van der Waals surface area contributed by atoms with Crippen LogP contribution in [0.4, 0.5) is 0 Å². The zero-order valence-electron chi connectivity index (χ0n) is 8.00. The highest BCUT2D eigenvalue weighted by Crippen LogP contribution is 2.21. The molecule has 13 heavy (non-hydrogen) atoms. The van der Waals surface area contributed by atoms with E-state index in [1.165, 1.54) is 6.07 Å². The molecule has 1 heterocycles. The van der Waals surface area contributed by atoms with E-state index in [4.69, 9.17) is 11.6 Å². The Morgan fingerprint density at radius 3 is 2.46 bits per heavy atom. The predicted molar refractivity (Wildman–Crippen MR) is 52.0 cm³/mol. The molecule has 4 heteroatoms. The minimum atomic E-state index is -0.167. The Morgan fingerprint density at radius 1 is 1.38 bits per heavy atom. The third-order valence-corrected chi connectivity index (χ3v) is 1.85. The molecule has 0 fully saturated rings. The molecule has 0 aliphatic heterocycles. The summed E-state index contributed by atoms with van der Waals surface area (Å²) in [5.41, 5.74) is 0.485. The fourth-order valence-electron chi connectivity index (χ4n) is 0.887. The van der Waals surface area contributed by atoms with Crippen LogP contribution in [0.1, 0.15) is 32.3 Å². The van der Waals surface area contributed by atoms with Gasteiger partial charge in [-0.15, -0.1) is 11.6 Å². The molecule has 0 saturated heterocycles. The summed E-state index contributed by atoms with van der Waals surface area (Å²) in [5, 5.41) is 9.28.